The van der Waals surface area contributed by atoms with E-state index in [1.165, 1.54) is 23.6 Å². The number of carbonyl (C=O) groups excluding carboxylic acids is 3. The summed E-state index contributed by atoms with van der Waals surface area (Å²) < 4.78 is 44.3. The van der Waals surface area contributed by atoms with E-state index in [0.717, 1.165) is 34.2 Å². The van der Waals surface area contributed by atoms with Crippen molar-refractivity contribution in [3.8, 4) is 10.6 Å². The van der Waals surface area contributed by atoms with Crippen molar-refractivity contribution in [1.82, 2.24) is 4.98 Å². The number of aromatic nitrogens is 1. The van der Waals surface area contributed by atoms with Crippen molar-refractivity contribution >= 4 is 40.5 Å². The lowest BCUT2D eigenvalue weighted by atomic mass is 10.1. The summed E-state index contributed by atoms with van der Waals surface area (Å²) >= 11 is 1.24. The van der Waals surface area contributed by atoms with Gasteiger partial charge in [0.15, 0.2) is 11.8 Å². The fourth-order valence-corrected chi connectivity index (χ4v) is 4.15. The molecule has 34 heavy (non-hydrogen) atoms. The van der Waals surface area contributed by atoms with Gasteiger partial charge >= 0.3 is 12.1 Å². The number of alkyl halides is 3. The molecule has 0 saturated heterocycles. The van der Waals surface area contributed by atoms with Gasteiger partial charge in [0.2, 0.25) is 5.91 Å². The fourth-order valence-electron chi connectivity index (χ4n) is 3.35. The highest BCUT2D eigenvalue weighted by atomic mass is 32.1. The molecule has 1 N–H and O–H groups in total. The number of amides is 2. The zero-order valence-electron chi connectivity index (χ0n) is 18.0. The van der Waals surface area contributed by atoms with E-state index in [1.807, 2.05) is 31.2 Å². The van der Waals surface area contributed by atoms with Crippen molar-refractivity contribution in [2.75, 3.05) is 16.8 Å². The lowest BCUT2D eigenvalue weighted by Gasteiger charge is -2.31. The number of hydrogen-bond acceptors (Lipinski definition) is 6. The van der Waals surface area contributed by atoms with Crippen LogP contribution in [0.1, 0.15) is 28.5 Å². The molecular weight excluding hydrogens is 471 g/mol. The third-order valence-electron chi connectivity index (χ3n) is 5.10. The van der Waals surface area contributed by atoms with Crippen LogP contribution in [0.25, 0.3) is 10.6 Å². The minimum absolute atomic E-state index is 0.0202. The van der Waals surface area contributed by atoms with Crippen molar-refractivity contribution in [2.24, 2.45) is 0 Å². The van der Waals surface area contributed by atoms with E-state index < -0.39 is 42.2 Å². The number of carbonyl (C=O) groups is 3. The van der Waals surface area contributed by atoms with Gasteiger partial charge in [-0.2, -0.15) is 13.2 Å². The van der Waals surface area contributed by atoms with Crippen molar-refractivity contribution in [3.05, 3.63) is 64.7 Å². The first-order chi connectivity index (χ1) is 16.0. The van der Waals surface area contributed by atoms with E-state index in [2.05, 4.69) is 10.3 Å². The van der Waals surface area contributed by atoms with Crippen LogP contribution in [0.2, 0.25) is 0 Å². The molecule has 1 aliphatic rings. The van der Waals surface area contributed by atoms with Gasteiger partial charge in [0.25, 0.3) is 5.91 Å². The number of aryl methyl sites for hydroxylation is 1. The highest BCUT2D eigenvalue weighted by Crippen LogP contribution is 2.37. The van der Waals surface area contributed by atoms with Crippen LogP contribution in [0.15, 0.2) is 47.8 Å². The molecule has 0 radical (unpaired) electrons. The summed E-state index contributed by atoms with van der Waals surface area (Å²) in [5.74, 6) is -2.25. The molecule has 4 rings (SSSR count). The standard InChI is InChI=1S/C23H18F3N3O4S/c1-12-3-5-14(6-4-12)20-28-17(11-34-20)22(32)33-13(2)21(31)29-10-19(30)27-16-9-15(23(24,25)26)7-8-18(16)29/h3-9,11,13H,10H2,1-2H3,(H,27,30). The number of hydrogen-bond donors (Lipinski definition) is 1. The summed E-state index contributed by atoms with van der Waals surface area (Å²) in [6, 6.07) is 10.2. The smallest absolute Gasteiger partial charge is 0.416 e. The molecule has 0 aliphatic carbocycles. The summed E-state index contributed by atoms with van der Waals surface area (Å²) in [6.45, 7) is 2.85. The van der Waals surface area contributed by atoms with Crippen molar-refractivity contribution < 1.29 is 32.3 Å². The van der Waals surface area contributed by atoms with Gasteiger partial charge in [-0.05, 0) is 32.0 Å². The summed E-state index contributed by atoms with van der Waals surface area (Å²) in [4.78, 5) is 42.8. The van der Waals surface area contributed by atoms with Crippen molar-refractivity contribution in [2.45, 2.75) is 26.1 Å². The zero-order valence-corrected chi connectivity index (χ0v) is 18.8. The number of halogens is 3. The Bertz CT molecular complexity index is 1270. The quantitative estimate of drug-likeness (QED) is 0.539. The summed E-state index contributed by atoms with van der Waals surface area (Å²) in [5, 5.41) is 4.45. The third-order valence-corrected chi connectivity index (χ3v) is 5.99. The summed E-state index contributed by atoms with van der Waals surface area (Å²) in [5.41, 5.74) is 0.888. The molecule has 2 aromatic carbocycles. The first-order valence-corrected chi connectivity index (χ1v) is 11.0. The first kappa shape index (κ1) is 23.4. The van der Waals surface area contributed by atoms with Crippen LogP contribution >= 0.6 is 11.3 Å². The Hall–Kier alpha value is -3.73. The summed E-state index contributed by atoms with van der Waals surface area (Å²) in [6.07, 6.45) is -5.92. The fraction of sp³-hybridized carbons (Fsp3) is 0.217. The SMILES string of the molecule is Cc1ccc(-c2nc(C(=O)OC(C)C(=O)N3CC(=O)Nc4cc(C(F)(F)F)ccc43)cs2)cc1. The molecule has 2 heterocycles. The number of benzene rings is 2. The number of nitrogens with one attached hydrogen (secondary N) is 1. The number of nitrogens with zero attached hydrogens (tertiary/aromatic N) is 2. The van der Waals surface area contributed by atoms with Crippen molar-refractivity contribution in [3.63, 3.8) is 0 Å². The Labute approximate surface area is 196 Å². The van der Waals surface area contributed by atoms with Crippen LogP contribution in [0.3, 0.4) is 0 Å². The molecule has 7 nitrogen and oxygen atoms in total. The van der Waals surface area contributed by atoms with E-state index in [1.54, 1.807) is 0 Å². The number of fused-ring (bicyclic) bond motifs is 1. The van der Waals surface area contributed by atoms with Gasteiger partial charge in [0.1, 0.15) is 11.6 Å². The normalized spacial score (nSPS) is 14.3. The molecule has 176 valence electrons. The van der Waals surface area contributed by atoms with Crippen molar-refractivity contribution in [1.29, 1.82) is 0 Å². The van der Waals surface area contributed by atoms with Gasteiger partial charge in [0.05, 0.1) is 16.9 Å². The van der Waals surface area contributed by atoms with Crippen LogP contribution < -0.4 is 10.2 Å². The molecule has 0 bridgehead atoms. The maximum atomic E-state index is 13.0. The van der Waals surface area contributed by atoms with Crippen LogP contribution in [-0.2, 0) is 20.5 Å². The number of esters is 1. The predicted octanol–water partition coefficient (Wildman–Crippen LogP) is 4.67. The van der Waals surface area contributed by atoms with Crippen LogP contribution in [-0.4, -0.2) is 35.4 Å². The van der Waals surface area contributed by atoms with E-state index >= 15 is 0 Å². The Balaban J connectivity index is 1.49. The topological polar surface area (TPSA) is 88.6 Å². The average Bonchev–Trinajstić information content (AvgIpc) is 3.28. The Kier molecular flexibility index (Phi) is 6.13. The maximum absolute atomic E-state index is 13.0. The predicted molar refractivity (Wildman–Crippen MR) is 120 cm³/mol. The molecule has 0 fully saturated rings. The largest absolute Gasteiger partial charge is 0.448 e. The molecule has 3 aromatic rings. The highest BCUT2D eigenvalue weighted by molar-refractivity contribution is 7.13. The number of rotatable bonds is 4. The number of ether oxygens (including phenoxy) is 1. The third kappa shape index (κ3) is 4.79. The molecule has 1 unspecified atom stereocenters. The maximum Gasteiger partial charge on any atom is 0.416 e. The highest BCUT2D eigenvalue weighted by Gasteiger charge is 2.35. The minimum atomic E-state index is -4.61. The lowest BCUT2D eigenvalue weighted by molar-refractivity contribution is -0.137. The second-order valence-electron chi connectivity index (χ2n) is 7.65. The van der Waals surface area contributed by atoms with E-state index in [0.29, 0.717) is 5.01 Å². The number of anilines is 2. The molecule has 0 spiro atoms. The summed E-state index contributed by atoms with van der Waals surface area (Å²) in [7, 11) is 0. The monoisotopic (exact) mass is 489 g/mol. The van der Waals surface area contributed by atoms with Gasteiger partial charge in [-0.25, -0.2) is 9.78 Å². The van der Waals surface area contributed by atoms with E-state index in [4.69, 9.17) is 4.74 Å². The van der Waals surface area contributed by atoms with Gasteiger partial charge in [0, 0.05) is 10.9 Å². The Morgan fingerprint density at radius 2 is 1.88 bits per heavy atom. The second-order valence-corrected chi connectivity index (χ2v) is 8.51. The molecule has 0 saturated carbocycles. The van der Waals surface area contributed by atoms with Crippen LogP contribution in [0, 0.1) is 6.92 Å². The minimum Gasteiger partial charge on any atom is -0.448 e. The zero-order chi connectivity index (χ0) is 24.6. The Morgan fingerprint density at radius 1 is 1.18 bits per heavy atom. The molecule has 2 amide bonds. The lowest BCUT2D eigenvalue weighted by Crippen LogP contribution is -2.47. The van der Waals surface area contributed by atoms with Gasteiger partial charge in [-0.3, -0.25) is 14.5 Å². The van der Waals surface area contributed by atoms with Crippen LogP contribution in [0.5, 0.6) is 0 Å². The van der Waals surface area contributed by atoms with E-state index in [9.17, 15) is 27.6 Å². The molecular formula is C23H18F3N3O4S. The molecule has 11 heteroatoms. The van der Waals surface area contributed by atoms with E-state index in [-0.39, 0.29) is 17.1 Å². The van der Waals surface area contributed by atoms with Gasteiger partial charge in [-0.15, -0.1) is 11.3 Å². The first-order valence-electron chi connectivity index (χ1n) is 10.1. The molecule has 1 aromatic heterocycles. The Morgan fingerprint density at radius 3 is 2.56 bits per heavy atom. The van der Waals surface area contributed by atoms with Gasteiger partial charge < -0.3 is 10.1 Å². The molecule has 1 atom stereocenters. The number of thiazole rings is 1. The van der Waals surface area contributed by atoms with Crippen LogP contribution in [0.4, 0.5) is 24.5 Å². The molecule has 1 aliphatic heterocycles. The average molecular weight is 489 g/mol. The second kappa shape index (κ2) is 8.90. The van der Waals surface area contributed by atoms with Gasteiger partial charge in [-0.1, -0.05) is 29.8 Å².